The summed E-state index contributed by atoms with van der Waals surface area (Å²) in [6.45, 7) is 6.27. The monoisotopic (exact) mass is 350 g/mol. The average Bonchev–Trinajstić information content (AvgIpc) is 2.64. The molecule has 2 rings (SSSR count). The number of aromatic nitrogens is 1. The van der Waals surface area contributed by atoms with Gasteiger partial charge in [-0.3, -0.25) is 9.59 Å². The molecule has 1 aromatic heterocycles. The van der Waals surface area contributed by atoms with E-state index in [1.54, 1.807) is 23.6 Å². The molecule has 0 saturated heterocycles. The van der Waals surface area contributed by atoms with Gasteiger partial charge in [-0.05, 0) is 44.0 Å². The molecule has 0 N–H and O–H groups in total. The fraction of sp³-hybridized carbons (Fsp3) is 0.273. The van der Waals surface area contributed by atoms with Crippen LogP contribution in [0.15, 0.2) is 53.5 Å². The molecule has 0 unspecified atom stereocenters. The lowest BCUT2D eigenvalue weighted by Gasteiger charge is -2.15. The molecule has 0 bridgehead atoms. The number of amides is 1. The Morgan fingerprint density at radius 2 is 1.77 bits per heavy atom. The highest BCUT2D eigenvalue weighted by molar-refractivity contribution is 5.94. The molecule has 0 aliphatic rings. The summed E-state index contributed by atoms with van der Waals surface area (Å²) in [6.07, 6.45) is 9.69. The Bertz CT molecular complexity index is 901. The third-order valence-corrected chi connectivity index (χ3v) is 4.28. The molecule has 1 amide bonds. The van der Waals surface area contributed by atoms with Crippen LogP contribution in [-0.2, 0) is 6.54 Å². The van der Waals surface area contributed by atoms with E-state index in [1.807, 2.05) is 75.5 Å². The molecule has 136 valence electrons. The number of rotatable bonds is 5. The SMILES string of the molecule is C/C=C\c1c(-c2ccc(C(=O)N(C)C)cc2)cn(C/C=C/C)c(=O)c1C. The summed E-state index contributed by atoms with van der Waals surface area (Å²) in [5, 5.41) is 0. The molecule has 1 aromatic carbocycles. The minimum absolute atomic E-state index is 0.0133. The minimum Gasteiger partial charge on any atom is -0.345 e. The van der Waals surface area contributed by atoms with Crippen molar-refractivity contribution in [2.75, 3.05) is 14.1 Å². The highest BCUT2D eigenvalue weighted by Gasteiger charge is 2.13. The van der Waals surface area contributed by atoms with Crippen LogP contribution in [0.25, 0.3) is 17.2 Å². The van der Waals surface area contributed by atoms with Crippen molar-refractivity contribution in [3.63, 3.8) is 0 Å². The second kappa shape index (κ2) is 8.48. The smallest absolute Gasteiger partial charge is 0.254 e. The summed E-state index contributed by atoms with van der Waals surface area (Å²) in [5.41, 5.74) is 4.25. The van der Waals surface area contributed by atoms with Crippen LogP contribution in [-0.4, -0.2) is 29.5 Å². The van der Waals surface area contributed by atoms with Gasteiger partial charge in [-0.15, -0.1) is 0 Å². The minimum atomic E-state index is -0.0283. The number of carbonyl (C=O) groups excluding carboxylic acids is 1. The van der Waals surface area contributed by atoms with E-state index in [0.717, 1.165) is 22.3 Å². The molecule has 0 fully saturated rings. The summed E-state index contributed by atoms with van der Waals surface area (Å²) in [6, 6.07) is 7.52. The maximum atomic E-state index is 12.6. The van der Waals surface area contributed by atoms with Crippen molar-refractivity contribution in [3.8, 4) is 11.1 Å². The first-order valence-corrected chi connectivity index (χ1v) is 8.70. The van der Waals surface area contributed by atoms with E-state index in [2.05, 4.69) is 0 Å². The Morgan fingerprint density at radius 1 is 1.12 bits per heavy atom. The quantitative estimate of drug-likeness (QED) is 0.761. The summed E-state index contributed by atoms with van der Waals surface area (Å²) in [5.74, 6) is -0.0283. The summed E-state index contributed by atoms with van der Waals surface area (Å²) >= 11 is 0. The van der Waals surface area contributed by atoms with E-state index in [-0.39, 0.29) is 11.5 Å². The summed E-state index contributed by atoms with van der Waals surface area (Å²) in [4.78, 5) is 26.3. The van der Waals surface area contributed by atoms with E-state index < -0.39 is 0 Å². The van der Waals surface area contributed by atoms with Gasteiger partial charge in [0, 0.05) is 43.5 Å². The second-order valence-corrected chi connectivity index (χ2v) is 6.38. The van der Waals surface area contributed by atoms with Crippen molar-refractivity contribution in [2.24, 2.45) is 0 Å². The Balaban J connectivity index is 2.61. The van der Waals surface area contributed by atoms with Gasteiger partial charge in [0.2, 0.25) is 0 Å². The largest absolute Gasteiger partial charge is 0.345 e. The third kappa shape index (κ3) is 4.02. The van der Waals surface area contributed by atoms with Gasteiger partial charge >= 0.3 is 0 Å². The zero-order chi connectivity index (χ0) is 19.3. The van der Waals surface area contributed by atoms with Crippen LogP contribution in [0, 0.1) is 6.92 Å². The molecule has 4 nitrogen and oxygen atoms in total. The van der Waals surface area contributed by atoms with Crippen LogP contribution in [0.4, 0.5) is 0 Å². The Morgan fingerprint density at radius 3 is 2.31 bits per heavy atom. The Kier molecular flexibility index (Phi) is 6.34. The Labute approximate surface area is 155 Å². The predicted molar refractivity (Wildman–Crippen MR) is 108 cm³/mol. The van der Waals surface area contributed by atoms with Crippen molar-refractivity contribution >= 4 is 12.0 Å². The van der Waals surface area contributed by atoms with Gasteiger partial charge < -0.3 is 9.47 Å². The lowest BCUT2D eigenvalue weighted by Crippen LogP contribution is -2.23. The summed E-state index contributed by atoms with van der Waals surface area (Å²) < 4.78 is 1.72. The number of allylic oxidation sites excluding steroid dienone is 3. The molecule has 2 aromatic rings. The van der Waals surface area contributed by atoms with E-state index in [4.69, 9.17) is 0 Å². The molecule has 0 spiro atoms. The Hall–Kier alpha value is -2.88. The van der Waals surface area contributed by atoms with Crippen LogP contribution in [0.1, 0.15) is 35.3 Å². The zero-order valence-electron chi connectivity index (χ0n) is 16.1. The fourth-order valence-corrected chi connectivity index (χ4v) is 2.83. The van der Waals surface area contributed by atoms with E-state index in [9.17, 15) is 9.59 Å². The number of hydrogen-bond acceptors (Lipinski definition) is 2. The third-order valence-electron chi connectivity index (χ3n) is 4.28. The van der Waals surface area contributed by atoms with Crippen LogP contribution in [0.3, 0.4) is 0 Å². The predicted octanol–water partition coefficient (Wildman–Crippen LogP) is 4.13. The van der Waals surface area contributed by atoms with Crippen molar-refractivity contribution in [2.45, 2.75) is 27.3 Å². The number of hydrogen-bond donors (Lipinski definition) is 0. The molecule has 0 saturated carbocycles. The van der Waals surface area contributed by atoms with E-state index in [1.165, 1.54) is 0 Å². The van der Waals surface area contributed by atoms with Gasteiger partial charge in [-0.25, -0.2) is 0 Å². The molecule has 1 heterocycles. The molecule has 0 radical (unpaired) electrons. The second-order valence-electron chi connectivity index (χ2n) is 6.38. The average molecular weight is 350 g/mol. The number of carbonyl (C=O) groups is 1. The van der Waals surface area contributed by atoms with Crippen LogP contribution in [0.5, 0.6) is 0 Å². The molecule has 26 heavy (non-hydrogen) atoms. The van der Waals surface area contributed by atoms with Gasteiger partial charge in [0.15, 0.2) is 0 Å². The first-order chi connectivity index (χ1) is 12.4. The van der Waals surface area contributed by atoms with E-state index in [0.29, 0.717) is 12.1 Å². The van der Waals surface area contributed by atoms with E-state index >= 15 is 0 Å². The number of pyridine rings is 1. The van der Waals surface area contributed by atoms with Crippen molar-refractivity contribution in [1.82, 2.24) is 9.47 Å². The molecule has 4 heteroatoms. The lowest BCUT2D eigenvalue weighted by atomic mass is 9.97. The van der Waals surface area contributed by atoms with Crippen LogP contribution < -0.4 is 5.56 Å². The standard InChI is InChI=1S/C22H26N2O2/c1-6-8-14-24-15-20(19(9-7-2)16(3)21(24)25)17-10-12-18(13-11-17)22(26)23(4)5/h6-13,15H,14H2,1-5H3/b8-6+,9-7-. The number of benzene rings is 1. The van der Waals surface area contributed by atoms with Crippen LogP contribution >= 0.6 is 0 Å². The van der Waals surface area contributed by atoms with Gasteiger partial charge in [0.1, 0.15) is 0 Å². The zero-order valence-corrected chi connectivity index (χ0v) is 16.1. The highest BCUT2D eigenvalue weighted by Crippen LogP contribution is 2.26. The number of nitrogens with zero attached hydrogens (tertiary/aromatic N) is 2. The summed E-state index contributed by atoms with van der Waals surface area (Å²) in [7, 11) is 3.47. The lowest BCUT2D eigenvalue weighted by molar-refractivity contribution is 0.0827. The first kappa shape index (κ1) is 19.4. The highest BCUT2D eigenvalue weighted by atomic mass is 16.2. The van der Waals surface area contributed by atoms with Gasteiger partial charge in [-0.1, -0.05) is 36.4 Å². The van der Waals surface area contributed by atoms with Crippen molar-refractivity contribution in [3.05, 3.63) is 75.7 Å². The molecule has 0 atom stereocenters. The van der Waals surface area contributed by atoms with Gasteiger partial charge in [-0.2, -0.15) is 0 Å². The normalized spacial score (nSPS) is 11.4. The molecular weight excluding hydrogens is 324 g/mol. The van der Waals surface area contributed by atoms with Crippen LogP contribution in [0.2, 0.25) is 0 Å². The molecule has 0 aliphatic carbocycles. The fourth-order valence-electron chi connectivity index (χ4n) is 2.83. The van der Waals surface area contributed by atoms with Gasteiger partial charge in [0.05, 0.1) is 0 Å². The van der Waals surface area contributed by atoms with Crippen molar-refractivity contribution in [1.29, 1.82) is 0 Å². The molecule has 0 aliphatic heterocycles. The van der Waals surface area contributed by atoms with Gasteiger partial charge in [0.25, 0.3) is 11.5 Å². The maximum Gasteiger partial charge on any atom is 0.254 e. The first-order valence-electron chi connectivity index (χ1n) is 8.70. The van der Waals surface area contributed by atoms with Crippen molar-refractivity contribution < 1.29 is 4.79 Å². The molecular formula is C22H26N2O2. The topological polar surface area (TPSA) is 42.3 Å². The maximum absolute atomic E-state index is 12.6.